The van der Waals surface area contributed by atoms with Crippen molar-refractivity contribution in [3.8, 4) is 0 Å². The largest absolute Gasteiger partial charge is 0.411 e. The van der Waals surface area contributed by atoms with Gasteiger partial charge in [0.25, 0.3) is 0 Å². The number of hydrogen-bond acceptors (Lipinski definition) is 5. The van der Waals surface area contributed by atoms with E-state index in [1.165, 1.54) is 6.21 Å². The molecule has 1 aromatic heterocycles. The van der Waals surface area contributed by atoms with Gasteiger partial charge in [-0.1, -0.05) is 5.16 Å². The predicted molar refractivity (Wildman–Crippen MR) is 63.4 cm³/mol. The van der Waals surface area contributed by atoms with Crippen LogP contribution in [-0.2, 0) is 0 Å². The van der Waals surface area contributed by atoms with Crippen molar-refractivity contribution in [1.29, 1.82) is 0 Å². The maximum Gasteiger partial charge on any atom is 0.128 e. The molecule has 0 aliphatic carbocycles. The third kappa shape index (κ3) is 2.30. The molecule has 0 spiro atoms. The second kappa shape index (κ2) is 4.94. The van der Waals surface area contributed by atoms with Crippen molar-refractivity contribution in [1.82, 2.24) is 10.3 Å². The molecule has 1 aromatic rings. The van der Waals surface area contributed by atoms with Crippen molar-refractivity contribution in [2.75, 3.05) is 31.1 Å². The molecule has 5 heteroatoms. The first kappa shape index (κ1) is 10.9. The van der Waals surface area contributed by atoms with Crippen molar-refractivity contribution in [3.63, 3.8) is 0 Å². The van der Waals surface area contributed by atoms with Crippen LogP contribution in [0.5, 0.6) is 0 Å². The molecule has 1 fully saturated rings. The Balaban J connectivity index is 2.19. The van der Waals surface area contributed by atoms with E-state index in [1.807, 2.05) is 13.0 Å². The lowest BCUT2D eigenvalue weighted by Gasteiger charge is -2.28. The Labute approximate surface area is 94.8 Å². The first-order valence-electron chi connectivity index (χ1n) is 5.41. The van der Waals surface area contributed by atoms with Crippen molar-refractivity contribution in [2.45, 2.75) is 6.92 Å². The van der Waals surface area contributed by atoms with Crippen LogP contribution in [0.3, 0.4) is 0 Å². The summed E-state index contributed by atoms with van der Waals surface area (Å²) < 4.78 is 0. The highest BCUT2D eigenvalue weighted by atomic mass is 16.4. The zero-order valence-electron chi connectivity index (χ0n) is 9.35. The molecule has 1 saturated heterocycles. The molecule has 0 unspecified atom stereocenters. The number of aryl methyl sites for hydroxylation is 1. The number of hydrogen-bond donors (Lipinski definition) is 2. The van der Waals surface area contributed by atoms with E-state index in [9.17, 15) is 0 Å². The SMILES string of the molecule is Cc1cc(N2CCNCC2)ncc1/C=N\O. The third-order valence-electron chi connectivity index (χ3n) is 2.77. The van der Waals surface area contributed by atoms with Crippen LogP contribution in [0, 0.1) is 6.92 Å². The van der Waals surface area contributed by atoms with Gasteiger partial charge >= 0.3 is 0 Å². The number of rotatable bonds is 2. The average Bonchev–Trinajstić information content (AvgIpc) is 2.33. The lowest BCUT2D eigenvalue weighted by atomic mass is 10.1. The van der Waals surface area contributed by atoms with Gasteiger partial charge in [0.1, 0.15) is 5.82 Å². The summed E-state index contributed by atoms with van der Waals surface area (Å²) >= 11 is 0. The second-order valence-electron chi connectivity index (χ2n) is 3.88. The van der Waals surface area contributed by atoms with Crippen LogP contribution in [0.15, 0.2) is 17.4 Å². The summed E-state index contributed by atoms with van der Waals surface area (Å²) in [4.78, 5) is 6.63. The van der Waals surface area contributed by atoms with Crippen LogP contribution in [0.2, 0.25) is 0 Å². The van der Waals surface area contributed by atoms with Gasteiger partial charge < -0.3 is 15.4 Å². The number of piperazine rings is 1. The number of aromatic nitrogens is 1. The molecule has 86 valence electrons. The number of pyridine rings is 1. The van der Waals surface area contributed by atoms with E-state index in [0.29, 0.717) is 0 Å². The molecule has 2 heterocycles. The van der Waals surface area contributed by atoms with Crippen LogP contribution in [0.25, 0.3) is 0 Å². The Morgan fingerprint density at radius 2 is 2.25 bits per heavy atom. The second-order valence-corrected chi connectivity index (χ2v) is 3.88. The highest BCUT2D eigenvalue weighted by Crippen LogP contribution is 2.15. The molecule has 1 aliphatic rings. The van der Waals surface area contributed by atoms with E-state index in [0.717, 1.165) is 43.1 Å². The molecule has 0 radical (unpaired) electrons. The molecular formula is C11H16N4O. The van der Waals surface area contributed by atoms with Crippen molar-refractivity contribution in [2.24, 2.45) is 5.16 Å². The molecule has 0 amide bonds. The summed E-state index contributed by atoms with van der Waals surface area (Å²) in [6.45, 7) is 5.96. The Morgan fingerprint density at radius 3 is 2.88 bits per heavy atom. The zero-order chi connectivity index (χ0) is 11.4. The van der Waals surface area contributed by atoms with Crippen LogP contribution in [-0.4, -0.2) is 42.6 Å². The first-order chi connectivity index (χ1) is 7.81. The summed E-state index contributed by atoms with van der Waals surface area (Å²) in [5, 5.41) is 14.8. The summed E-state index contributed by atoms with van der Waals surface area (Å²) in [5.74, 6) is 0.995. The molecule has 2 N–H and O–H groups in total. The van der Waals surface area contributed by atoms with Gasteiger partial charge in [0.2, 0.25) is 0 Å². The van der Waals surface area contributed by atoms with Crippen molar-refractivity contribution >= 4 is 12.0 Å². The van der Waals surface area contributed by atoms with E-state index < -0.39 is 0 Å². The summed E-state index contributed by atoms with van der Waals surface area (Å²) in [6.07, 6.45) is 3.15. The zero-order valence-corrected chi connectivity index (χ0v) is 9.35. The molecule has 0 bridgehead atoms. The molecule has 2 rings (SSSR count). The van der Waals surface area contributed by atoms with E-state index >= 15 is 0 Å². The number of oxime groups is 1. The van der Waals surface area contributed by atoms with Gasteiger partial charge in [0.05, 0.1) is 6.21 Å². The topological polar surface area (TPSA) is 60.8 Å². The summed E-state index contributed by atoms with van der Waals surface area (Å²) in [5.41, 5.74) is 1.92. The molecule has 16 heavy (non-hydrogen) atoms. The minimum Gasteiger partial charge on any atom is -0.411 e. The normalized spacial score (nSPS) is 16.9. The molecule has 5 nitrogen and oxygen atoms in total. The highest BCUT2D eigenvalue weighted by molar-refractivity contribution is 5.81. The number of nitrogens with zero attached hydrogens (tertiary/aromatic N) is 3. The molecular weight excluding hydrogens is 204 g/mol. The maximum absolute atomic E-state index is 8.49. The Kier molecular flexibility index (Phi) is 3.36. The standard InChI is InChI=1S/C11H16N4O/c1-9-6-11(13-7-10(9)8-14-16)15-4-2-12-3-5-15/h6-8,12,16H,2-5H2,1H3/b14-8-. The third-order valence-corrected chi connectivity index (χ3v) is 2.77. The fourth-order valence-corrected chi connectivity index (χ4v) is 1.82. The van der Waals surface area contributed by atoms with Crippen LogP contribution in [0.1, 0.15) is 11.1 Å². The molecule has 0 atom stereocenters. The van der Waals surface area contributed by atoms with Crippen LogP contribution in [0.4, 0.5) is 5.82 Å². The summed E-state index contributed by atoms with van der Waals surface area (Å²) in [6, 6.07) is 2.03. The first-order valence-corrected chi connectivity index (χ1v) is 5.41. The maximum atomic E-state index is 8.49. The fraction of sp³-hybridized carbons (Fsp3) is 0.455. The minimum atomic E-state index is 0.849. The predicted octanol–water partition coefficient (Wildman–Crippen LogP) is 0.608. The van der Waals surface area contributed by atoms with Gasteiger partial charge in [-0.25, -0.2) is 4.98 Å². The molecule has 1 aliphatic heterocycles. The van der Waals surface area contributed by atoms with Crippen molar-refractivity contribution in [3.05, 3.63) is 23.4 Å². The van der Waals surface area contributed by atoms with Crippen molar-refractivity contribution < 1.29 is 5.21 Å². The van der Waals surface area contributed by atoms with E-state index in [1.54, 1.807) is 6.20 Å². The number of anilines is 1. The Bertz CT molecular complexity index is 386. The lowest BCUT2D eigenvalue weighted by molar-refractivity contribution is 0.322. The van der Waals surface area contributed by atoms with Gasteiger partial charge in [0, 0.05) is 37.9 Å². The van der Waals surface area contributed by atoms with Gasteiger partial charge in [-0.05, 0) is 18.6 Å². The minimum absolute atomic E-state index is 0.849. The fourth-order valence-electron chi connectivity index (χ4n) is 1.82. The quantitative estimate of drug-likeness (QED) is 0.435. The summed E-state index contributed by atoms with van der Waals surface area (Å²) in [7, 11) is 0. The van der Waals surface area contributed by atoms with E-state index in [-0.39, 0.29) is 0 Å². The van der Waals surface area contributed by atoms with E-state index in [4.69, 9.17) is 5.21 Å². The van der Waals surface area contributed by atoms with Gasteiger partial charge in [-0.3, -0.25) is 0 Å². The number of nitrogens with one attached hydrogen (secondary N) is 1. The van der Waals surface area contributed by atoms with Gasteiger partial charge in [-0.15, -0.1) is 0 Å². The Morgan fingerprint density at radius 1 is 1.50 bits per heavy atom. The average molecular weight is 220 g/mol. The van der Waals surface area contributed by atoms with Crippen LogP contribution < -0.4 is 10.2 Å². The van der Waals surface area contributed by atoms with Crippen LogP contribution >= 0.6 is 0 Å². The van der Waals surface area contributed by atoms with E-state index in [2.05, 4.69) is 20.4 Å². The lowest BCUT2D eigenvalue weighted by Crippen LogP contribution is -2.43. The highest BCUT2D eigenvalue weighted by Gasteiger charge is 2.12. The Hall–Kier alpha value is -1.62. The van der Waals surface area contributed by atoms with Gasteiger partial charge in [-0.2, -0.15) is 0 Å². The smallest absolute Gasteiger partial charge is 0.128 e. The molecule has 0 aromatic carbocycles. The molecule has 0 saturated carbocycles. The van der Waals surface area contributed by atoms with Gasteiger partial charge in [0.15, 0.2) is 0 Å². The monoisotopic (exact) mass is 220 g/mol.